The van der Waals surface area contributed by atoms with E-state index in [-0.39, 0.29) is 17.4 Å². The Kier molecular flexibility index (Phi) is 8.09. The maximum absolute atomic E-state index is 14.3. The van der Waals surface area contributed by atoms with Gasteiger partial charge < -0.3 is 14.8 Å². The lowest BCUT2D eigenvalue weighted by Crippen LogP contribution is -2.45. The third kappa shape index (κ3) is 6.26. The Morgan fingerprint density at radius 1 is 1.17 bits per heavy atom. The summed E-state index contributed by atoms with van der Waals surface area (Å²) in [5.74, 6) is 1.09. The first-order valence-corrected chi connectivity index (χ1v) is 14.3. The molecule has 0 saturated carbocycles. The Bertz CT molecular complexity index is 1530. The number of aryl methyl sites for hydroxylation is 2. The molecule has 2 aromatic heterocycles. The van der Waals surface area contributed by atoms with Crippen molar-refractivity contribution in [1.82, 2.24) is 29.5 Å². The molecule has 2 aromatic carbocycles. The predicted molar refractivity (Wildman–Crippen MR) is 160 cm³/mol. The Morgan fingerprint density at radius 3 is 2.59 bits per heavy atom. The van der Waals surface area contributed by atoms with Crippen molar-refractivity contribution in [2.75, 3.05) is 19.6 Å². The van der Waals surface area contributed by atoms with E-state index in [1.165, 1.54) is 0 Å². The third-order valence-corrected chi connectivity index (χ3v) is 7.87. The summed E-state index contributed by atoms with van der Waals surface area (Å²) in [6.07, 6.45) is 3.10. The van der Waals surface area contributed by atoms with E-state index in [4.69, 9.17) is 4.98 Å². The molecule has 1 aliphatic heterocycles. The summed E-state index contributed by atoms with van der Waals surface area (Å²) in [6.45, 7) is 11.5. The van der Waals surface area contributed by atoms with Gasteiger partial charge in [-0.15, -0.1) is 0 Å². The van der Waals surface area contributed by atoms with Crippen molar-refractivity contribution in [2.45, 2.75) is 46.7 Å². The number of aromatic nitrogens is 4. The van der Waals surface area contributed by atoms with Gasteiger partial charge in [0, 0.05) is 37.6 Å². The van der Waals surface area contributed by atoms with Crippen LogP contribution < -0.4 is 5.32 Å². The van der Waals surface area contributed by atoms with Crippen LogP contribution in [0.5, 0.6) is 0 Å². The standard InChI is InChI=1S/C33H39N7O/c1-23-16-28(37-38(23)5)32(41)40(21-26-14-15-35-19-26)30(33(2,3)4)31-36-29(27-12-7-6-8-13-27)22-39(31)20-25-11-9-10-24(17-25)18-34/h6-13,16-17,22,26,30,35H,14-15,19-21H2,1-5H3/t26?,30-/m0/s1. The highest BCUT2D eigenvalue weighted by molar-refractivity contribution is 5.92. The second kappa shape index (κ2) is 11.7. The Hall–Kier alpha value is -4.22. The summed E-state index contributed by atoms with van der Waals surface area (Å²) in [5, 5.41) is 17.5. The molecule has 0 spiro atoms. The summed E-state index contributed by atoms with van der Waals surface area (Å²) in [7, 11) is 1.87. The van der Waals surface area contributed by atoms with Gasteiger partial charge in [-0.25, -0.2) is 4.98 Å². The second-order valence-electron chi connectivity index (χ2n) is 12.2. The van der Waals surface area contributed by atoms with Crippen LogP contribution in [0, 0.1) is 29.6 Å². The molecule has 0 aliphatic carbocycles. The summed E-state index contributed by atoms with van der Waals surface area (Å²) >= 11 is 0. The fourth-order valence-corrected chi connectivity index (χ4v) is 5.72. The first kappa shape index (κ1) is 28.3. The summed E-state index contributed by atoms with van der Waals surface area (Å²) in [5.41, 5.74) is 4.56. The van der Waals surface area contributed by atoms with Crippen molar-refractivity contribution in [1.29, 1.82) is 5.26 Å². The van der Waals surface area contributed by atoms with Gasteiger partial charge in [0.25, 0.3) is 5.91 Å². The van der Waals surface area contributed by atoms with E-state index in [1.54, 1.807) is 4.68 Å². The molecule has 1 saturated heterocycles. The number of rotatable bonds is 8. The number of nitrogens with zero attached hydrogens (tertiary/aromatic N) is 6. The number of amides is 1. The number of imidazole rings is 1. The van der Waals surface area contributed by atoms with Gasteiger partial charge in [0.2, 0.25) is 0 Å². The van der Waals surface area contributed by atoms with Crippen molar-refractivity contribution in [3.05, 3.63) is 95.2 Å². The van der Waals surface area contributed by atoms with E-state index in [2.05, 4.69) is 60.2 Å². The fraction of sp³-hybridized carbons (Fsp3) is 0.394. The van der Waals surface area contributed by atoms with Gasteiger partial charge in [0.1, 0.15) is 5.82 Å². The van der Waals surface area contributed by atoms with E-state index >= 15 is 0 Å². The van der Waals surface area contributed by atoms with Gasteiger partial charge in [0.05, 0.1) is 23.4 Å². The quantitative estimate of drug-likeness (QED) is 0.320. The molecule has 4 aromatic rings. The maximum atomic E-state index is 14.3. The van der Waals surface area contributed by atoms with E-state index in [0.717, 1.165) is 47.8 Å². The largest absolute Gasteiger partial charge is 0.328 e. The topological polar surface area (TPSA) is 91.8 Å². The smallest absolute Gasteiger partial charge is 0.275 e. The average Bonchev–Trinajstić information content (AvgIpc) is 3.69. The molecule has 1 unspecified atom stereocenters. The molecule has 5 rings (SSSR count). The normalized spacial score (nSPS) is 16.0. The van der Waals surface area contributed by atoms with Gasteiger partial charge in [-0.05, 0) is 61.5 Å². The second-order valence-corrected chi connectivity index (χ2v) is 12.2. The molecule has 1 fully saturated rings. The molecule has 0 bridgehead atoms. The molecular formula is C33H39N7O. The number of nitriles is 1. The molecule has 41 heavy (non-hydrogen) atoms. The molecule has 1 N–H and O–H groups in total. The minimum atomic E-state index is -0.336. The van der Waals surface area contributed by atoms with Crippen LogP contribution in [-0.2, 0) is 13.6 Å². The lowest BCUT2D eigenvalue weighted by molar-refractivity contribution is 0.0431. The van der Waals surface area contributed by atoms with Crippen LogP contribution in [0.2, 0.25) is 0 Å². The van der Waals surface area contributed by atoms with Crippen LogP contribution in [0.25, 0.3) is 11.3 Å². The molecular weight excluding hydrogens is 510 g/mol. The number of benzene rings is 2. The van der Waals surface area contributed by atoms with Gasteiger partial charge >= 0.3 is 0 Å². The number of nitrogens with one attached hydrogen (secondary N) is 1. The summed E-state index contributed by atoms with van der Waals surface area (Å²) < 4.78 is 3.91. The number of carbonyl (C=O) groups is 1. The Balaban J connectivity index is 1.65. The predicted octanol–water partition coefficient (Wildman–Crippen LogP) is 5.35. The molecule has 0 radical (unpaired) electrons. The van der Waals surface area contributed by atoms with Crippen molar-refractivity contribution in [3.8, 4) is 17.3 Å². The number of carbonyl (C=O) groups excluding carboxylic acids is 1. The van der Waals surface area contributed by atoms with Gasteiger partial charge in [0.15, 0.2) is 5.69 Å². The van der Waals surface area contributed by atoms with Crippen molar-refractivity contribution < 1.29 is 4.79 Å². The third-order valence-electron chi connectivity index (χ3n) is 7.87. The minimum Gasteiger partial charge on any atom is -0.328 e. The van der Waals surface area contributed by atoms with Gasteiger partial charge in [-0.3, -0.25) is 9.48 Å². The van der Waals surface area contributed by atoms with E-state index in [0.29, 0.717) is 30.3 Å². The highest BCUT2D eigenvalue weighted by atomic mass is 16.2. The average molecular weight is 550 g/mol. The fourth-order valence-electron chi connectivity index (χ4n) is 5.72. The Morgan fingerprint density at radius 2 is 1.95 bits per heavy atom. The van der Waals surface area contributed by atoms with Crippen molar-refractivity contribution in [3.63, 3.8) is 0 Å². The lowest BCUT2D eigenvalue weighted by atomic mass is 9.84. The highest BCUT2D eigenvalue weighted by Gasteiger charge is 2.40. The molecule has 212 valence electrons. The molecule has 2 atom stereocenters. The number of hydrogen-bond donors (Lipinski definition) is 1. The molecule has 8 nitrogen and oxygen atoms in total. The molecule has 3 heterocycles. The van der Waals surface area contributed by atoms with Crippen LogP contribution in [0.1, 0.15) is 66.4 Å². The molecule has 1 amide bonds. The van der Waals surface area contributed by atoms with Crippen LogP contribution in [0.4, 0.5) is 0 Å². The zero-order valence-corrected chi connectivity index (χ0v) is 24.6. The SMILES string of the molecule is Cc1cc(C(=O)N(CC2CCNC2)[C@@H](c2nc(-c3ccccc3)cn2Cc2cccc(C#N)c2)C(C)(C)C)nn1C. The van der Waals surface area contributed by atoms with Gasteiger partial charge in [-0.2, -0.15) is 10.4 Å². The first-order chi connectivity index (χ1) is 19.6. The molecule has 8 heteroatoms. The molecule has 1 aliphatic rings. The van der Waals surface area contributed by atoms with Crippen molar-refractivity contribution >= 4 is 5.91 Å². The Labute approximate surface area is 242 Å². The minimum absolute atomic E-state index is 0.0807. The van der Waals surface area contributed by atoms with Crippen molar-refractivity contribution in [2.24, 2.45) is 18.4 Å². The van der Waals surface area contributed by atoms with Crippen LogP contribution in [0.15, 0.2) is 66.9 Å². The van der Waals surface area contributed by atoms with E-state index in [1.807, 2.05) is 67.4 Å². The van der Waals surface area contributed by atoms with E-state index in [9.17, 15) is 10.1 Å². The first-order valence-electron chi connectivity index (χ1n) is 14.3. The monoisotopic (exact) mass is 549 g/mol. The highest BCUT2D eigenvalue weighted by Crippen LogP contribution is 2.40. The number of hydrogen-bond acceptors (Lipinski definition) is 5. The zero-order chi connectivity index (χ0) is 29.1. The maximum Gasteiger partial charge on any atom is 0.275 e. The summed E-state index contributed by atoms with van der Waals surface area (Å²) in [6, 6.07) is 21.6. The lowest BCUT2D eigenvalue weighted by Gasteiger charge is -2.40. The van der Waals surface area contributed by atoms with E-state index < -0.39 is 0 Å². The van der Waals surface area contributed by atoms with Crippen LogP contribution >= 0.6 is 0 Å². The summed E-state index contributed by atoms with van der Waals surface area (Å²) in [4.78, 5) is 21.6. The van der Waals surface area contributed by atoms with Crippen LogP contribution in [0.3, 0.4) is 0 Å². The van der Waals surface area contributed by atoms with Gasteiger partial charge in [-0.1, -0.05) is 63.2 Å². The zero-order valence-electron chi connectivity index (χ0n) is 24.6. The van der Waals surface area contributed by atoms with Crippen LogP contribution in [-0.4, -0.2) is 49.8 Å².